The second-order valence-electron chi connectivity index (χ2n) is 3.79. The molecule has 10 heteroatoms. The van der Waals surface area contributed by atoms with Crippen LogP contribution in [0.2, 0.25) is 0 Å². The van der Waals surface area contributed by atoms with E-state index in [0.29, 0.717) is 5.75 Å². The van der Waals surface area contributed by atoms with Gasteiger partial charge in [-0.3, -0.25) is 4.18 Å². The van der Waals surface area contributed by atoms with Gasteiger partial charge in [0.15, 0.2) is 0 Å². The lowest BCUT2D eigenvalue weighted by Crippen LogP contribution is -2.23. The highest BCUT2D eigenvalue weighted by atomic mass is 35.5. The fraction of sp³-hybridized carbons (Fsp3) is 0.250. The van der Waals surface area contributed by atoms with Gasteiger partial charge in [-0.15, -0.1) is 12.4 Å². The summed E-state index contributed by atoms with van der Waals surface area (Å²) in [6, 6.07) is 7.34. The summed E-state index contributed by atoms with van der Waals surface area (Å²) >= 11 is 0. The topological polar surface area (TPSA) is 114 Å². The van der Waals surface area contributed by atoms with Gasteiger partial charge in [0.05, 0.1) is 6.33 Å². The van der Waals surface area contributed by atoms with Gasteiger partial charge in [-0.05, 0) is 24.3 Å². The van der Waals surface area contributed by atoms with Crippen molar-refractivity contribution in [3.8, 4) is 11.4 Å². The Bertz CT molecular complexity index is 631. The lowest BCUT2D eigenvalue weighted by Gasteiger charge is -2.08. The standard InChI is InChI=1S/C12H15N3O4S.ClH.H2O/c1-13-20(16,17)19-9-8-18-12-4-2-11(3-5-12)15-7-6-14-10-15;;/h2-7,10,13H,8-9H2,1H3;1H;1H2. The van der Waals surface area contributed by atoms with Crippen LogP contribution in [-0.4, -0.2) is 43.7 Å². The second kappa shape index (κ2) is 9.38. The maximum absolute atomic E-state index is 11.0. The molecule has 3 N–H and O–H groups in total. The lowest BCUT2D eigenvalue weighted by molar-refractivity contribution is 0.219. The molecule has 0 radical (unpaired) electrons. The smallest absolute Gasteiger partial charge is 0.335 e. The molecular weight excluding hydrogens is 334 g/mol. The monoisotopic (exact) mass is 351 g/mol. The molecule has 0 saturated heterocycles. The van der Waals surface area contributed by atoms with Crippen molar-refractivity contribution < 1.29 is 22.8 Å². The molecule has 0 atom stereocenters. The van der Waals surface area contributed by atoms with E-state index in [-0.39, 0.29) is 31.1 Å². The van der Waals surface area contributed by atoms with Gasteiger partial charge in [0.1, 0.15) is 19.0 Å². The van der Waals surface area contributed by atoms with Crippen molar-refractivity contribution in [3.63, 3.8) is 0 Å². The number of hydrogen-bond acceptors (Lipinski definition) is 5. The van der Waals surface area contributed by atoms with Gasteiger partial charge in [0, 0.05) is 25.1 Å². The summed E-state index contributed by atoms with van der Waals surface area (Å²) in [6.07, 6.45) is 5.24. The number of benzene rings is 1. The molecule has 0 aliphatic heterocycles. The molecule has 22 heavy (non-hydrogen) atoms. The van der Waals surface area contributed by atoms with Crippen molar-refractivity contribution in [2.24, 2.45) is 0 Å². The fourth-order valence-electron chi connectivity index (χ4n) is 1.49. The summed E-state index contributed by atoms with van der Waals surface area (Å²) in [7, 11) is -2.37. The number of aromatic nitrogens is 2. The first-order valence-corrected chi connectivity index (χ1v) is 7.30. The second-order valence-corrected chi connectivity index (χ2v) is 5.34. The molecule has 0 saturated carbocycles. The Balaban J connectivity index is 0.00000220. The Morgan fingerprint density at radius 1 is 1.23 bits per heavy atom. The zero-order valence-corrected chi connectivity index (χ0v) is 13.4. The van der Waals surface area contributed by atoms with E-state index in [1.165, 1.54) is 7.05 Å². The third-order valence-electron chi connectivity index (χ3n) is 2.48. The van der Waals surface area contributed by atoms with Crippen LogP contribution in [0.3, 0.4) is 0 Å². The highest BCUT2D eigenvalue weighted by molar-refractivity contribution is 7.84. The molecule has 8 nitrogen and oxygen atoms in total. The summed E-state index contributed by atoms with van der Waals surface area (Å²) in [5.41, 5.74) is 0.962. The number of halogens is 1. The Labute approximate surface area is 135 Å². The number of nitrogens with one attached hydrogen (secondary N) is 1. The average Bonchev–Trinajstić information content (AvgIpc) is 2.98. The van der Waals surface area contributed by atoms with E-state index in [2.05, 4.69) is 9.17 Å². The van der Waals surface area contributed by atoms with Gasteiger partial charge in [-0.25, -0.2) is 4.98 Å². The van der Waals surface area contributed by atoms with Crippen molar-refractivity contribution in [3.05, 3.63) is 43.0 Å². The van der Waals surface area contributed by atoms with Gasteiger partial charge in [-0.1, -0.05) is 0 Å². The molecule has 2 aromatic rings. The molecule has 1 aromatic carbocycles. The molecule has 0 aliphatic rings. The molecule has 0 amide bonds. The molecule has 1 aromatic heterocycles. The van der Waals surface area contributed by atoms with Crippen LogP contribution in [0.4, 0.5) is 0 Å². The minimum atomic E-state index is -3.65. The number of rotatable bonds is 7. The van der Waals surface area contributed by atoms with Gasteiger partial charge in [-0.2, -0.15) is 13.1 Å². The van der Waals surface area contributed by atoms with E-state index in [1.807, 2.05) is 27.6 Å². The zero-order chi connectivity index (χ0) is 14.4. The number of imidazole rings is 1. The minimum Gasteiger partial charge on any atom is -0.491 e. The maximum atomic E-state index is 11.0. The molecule has 2 rings (SSSR count). The Morgan fingerprint density at radius 3 is 2.45 bits per heavy atom. The van der Waals surface area contributed by atoms with E-state index in [4.69, 9.17) is 4.74 Å². The Morgan fingerprint density at radius 2 is 1.91 bits per heavy atom. The van der Waals surface area contributed by atoms with E-state index < -0.39 is 10.3 Å². The molecule has 0 bridgehead atoms. The van der Waals surface area contributed by atoms with Crippen LogP contribution in [0.1, 0.15) is 0 Å². The first-order valence-electron chi connectivity index (χ1n) is 5.90. The van der Waals surface area contributed by atoms with Crippen molar-refractivity contribution >= 4 is 22.7 Å². The van der Waals surface area contributed by atoms with Crippen LogP contribution in [0.5, 0.6) is 5.75 Å². The zero-order valence-electron chi connectivity index (χ0n) is 11.8. The minimum absolute atomic E-state index is 0. The number of ether oxygens (including phenoxy) is 1. The average molecular weight is 352 g/mol. The molecule has 0 spiro atoms. The van der Waals surface area contributed by atoms with Crippen molar-refractivity contribution in [2.45, 2.75) is 0 Å². The maximum Gasteiger partial charge on any atom is 0.335 e. The van der Waals surface area contributed by atoms with Gasteiger partial charge >= 0.3 is 10.3 Å². The fourth-order valence-corrected chi connectivity index (χ4v) is 1.89. The van der Waals surface area contributed by atoms with E-state index in [9.17, 15) is 8.42 Å². The Hall–Kier alpha value is -1.65. The highest BCUT2D eigenvalue weighted by Crippen LogP contribution is 2.14. The summed E-state index contributed by atoms with van der Waals surface area (Å²) in [6.45, 7) is 0.0950. The van der Waals surface area contributed by atoms with E-state index in [0.717, 1.165) is 5.69 Å². The van der Waals surface area contributed by atoms with Gasteiger partial charge in [0.2, 0.25) is 0 Å². The van der Waals surface area contributed by atoms with E-state index in [1.54, 1.807) is 24.7 Å². The Kier molecular flexibility index (Phi) is 8.68. The predicted molar refractivity (Wildman–Crippen MR) is 83.9 cm³/mol. The van der Waals surface area contributed by atoms with Crippen LogP contribution in [0.15, 0.2) is 43.0 Å². The highest BCUT2D eigenvalue weighted by Gasteiger charge is 2.06. The quantitative estimate of drug-likeness (QED) is 0.722. The number of hydrogen-bond donors (Lipinski definition) is 1. The molecule has 0 fully saturated rings. The largest absolute Gasteiger partial charge is 0.491 e. The number of nitrogens with zero attached hydrogens (tertiary/aromatic N) is 2. The van der Waals surface area contributed by atoms with Crippen LogP contribution in [0.25, 0.3) is 5.69 Å². The van der Waals surface area contributed by atoms with Crippen LogP contribution >= 0.6 is 12.4 Å². The third kappa shape index (κ3) is 6.00. The summed E-state index contributed by atoms with van der Waals surface area (Å²) in [5.74, 6) is 0.638. The van der Waals surface area contributed by atoms with Crippen LogP contribution in [0, 0.1) is 0 Å². The summed E-state index contributed by atoms with van der Waals surface area (Å²) in [4.78, 5) is 3.97. The molecule has 1 heterocycles. The summed E-state index contributed by atoms with van der Waals surface area (Å²) < 4.78 is 35.9. The van der Waals surface area contributed by atoms with Gasteiger partial charge < -0.3 is 14.8 Å². The van der Waals surface area contributed by atoms with Crippen molar-refractivity contribution in [1.82, 2.24) is 14.3 Å². The van der Waals surface area contributed by atoms with Crippen molar-refractivity contribution in [1.29, 1.82) is 0 Å². The first kappa shape index (κ1) is 20.3. The molecular formula is C12H18ClN3O5S. The normalized spacial score (nSPS) is 10.4. The van der Waals surface area contributed by atoms with Crippen LogP contribution in [-0.2, 0) is 14.5 Å². The molecule has 124 valence electrons. The van der Waals surface area contributed by atoms with E-state index >= 15 is 0 Å². The predicted octanol–water partition coefficient (Wildman–Crippen LogP) is 0.329. The van der Waals surface area contributed by atoms with Gasteiger partial charge in [0.25, 0.3) is 0 Å². The SMILES string of the molecule is CNS(=O)(=O)OCCOc1ccc(-n2ccnc2)cc1.Cl.O. The summed E-state index contributed by atoms with van der Waals surface area (Å²) in [5, 5.41) is 0. The van der Waals surface area contributed by atoms with Crippen LogP contribution < -0.4 is 9.46 Å². The lowest BCUT2D eigenvalue weighted by atomic mass is 10.3. The molecule has 0 unspecified atom stereocenters. The first-order chi connectivity index (χ1) is 9.61. The van der Waals surface area contributed by atoms with Crippen molar-refractivity contribution in [2.75, 3.05) is 20.3 Å². The molecule has 0 aliphatic carbocycles. The third-order valence-corrected chi connectivity index (χ3v) is 3.46.